The van der Waals surface area contributed by atoms with E-state index in [9.17, 15) is 0 Å². The fraction of sp³-hybridized carbons (Fsp3) is 0. The third kappa shape index (κ3) is 7.00. The number of benzene rings is 10. The summed E-state index contributed by atoms with van der Waals surface area (Å²) >= 11 is 0. The van der Waals surface area contributed by atoms with E-state index in [2.05, 4.69) is 252 Å². The number of anilines is 6. The maximum Gasteiger partial charge on any atom is 0.0468 e. The monoisotopic (exact) mass is 740 g/mol. The smallest absolute Gasteiger partial charge is 0.0468 e. The van der Waals surface area contributed by atoms with Gasteiger partial charge < -0.3 is 9.80 Å². The Morgan fingerprint density at radius 1 is 0.172 bits per heavy atom. The molecule has 10 aromatic rings. The van der Waals surface area contributed by atoms with Crippen molar-refractivity contribution in [2.75, 3.05) is 9.80 Å². The summed E-state index contributed by atoms with van der Waals surface area (Å²) in [7, 11) is 0. The van der Waals surface area contributed by atoms with Crippen LogP contribution in [0.3, 0.4) is 0 Å². The molecule has 10 rings (SSSR count). The molecule has 0 aliphatic heterocycles. The summed E-state index contributed by atoms with van der Waals surface area (Å²) in [4.78, 5) is 4.64. The second kappa shape index (κ2) is 15.5. The van der Waals surface area contributed by atoms with Crippen LogP contribution in [0.4, 0.5) is 34.1 Å². The van der Waals surface area contributed by atoms with Gasteiger partial charge in [-0.05, 0) is 134 Å². The Balaban J connectivity index is 0.894. The summed E-state index contributed by atoms with van der Waals surface area (Å²) < 4.78 is 0. The minimum Gasteiger partial charge on any atom is -0.311 e. The van der Waals surface area contributed by atoms with E-state index in [4.69, 9.17) is 0 Å². The van der Waals surface area contributed by atoms with E-state index in [0.717, 1.165) is 34.1 Å². The Bertz CT molecular complexity index is 2960. The average molecular weight is 741 g/mol. The van der Waals surface area contributed by atoms with E-state index in [1.54, 1.807) is 0 Å². The molecule has 274 valence electrons. The third-order valence-corrected chi connectivity index (χ3v) is 11.0. The molecule has 2 nitrogen and oxygen atoms in total. The lowest BCUT2D eigenvalue weighted by molar-refractivity contribution is 1.28. The molecule has 0 spiro atoms. The molecule has 0 aromatic heterocycles. The molecule has 0 amide bonds. The molecule has 58 heavy (non-hydrogen) atoms. The minimum absolute atomic E-state index is 1.11. The molecule has 0 atom stereocenters. The topological polar surface area (TPSA) is 6.48 Å². The van der Waals surface area contributed by atoms with Gasteiger partial charge in [0.1, 0.15) is 0 Å². The van der Waals surface area contributed by atoms with Gasteiger partial charge in [-0.3, -0.25) is 0 Å². The zero-order valence-electron chi connectivity index (χ0n) is 32.0. The summed E-state index contributed by atoms with van der Waals surface area (Å²) in [5.41, 5.74) is 13.9. The molecule has 2 heteroatoms. The van der Waals surface area contributed by atoms with Crippen LogP contribution >= 0.6 is 0 Å². The van der Waals surface area contributed by atoms with Crippen LogP contribution in [0.15, 0.2) is 243 Å². The number of nitrogens with zero attached hydrogens (tertiary/aromatic N) is 2. The molecule has 0 fully saturated rings. The first-order valence-electron chi connectivity index (χ1n) is 19.8. The highest BCUT2D eigenvalue weighted by molar-refractivity contribution is 5.90. The van der Waals surface area contributed by atoms with Gasteiger partial charge in [-0.2, -0.15) is 0 Å². The summed E-state index contributed by atoms with van der Waals surface area (Å²) in [6, 6.07) is 87.2. The van der Waals surface area contributed by atoms with E-state index < -0.39 is 0 Å². The highest BCUT2D eigenvalue weighted by atomic mass is 15.1. The van der Waals surface area contributed by atoms with Crippen LogP contribution in [0.5, 0.6) is 0 Å². The highest BCUT2D eigenvalue weighted by Gasteiger charge is 2.15. The van der Waals surface area contributed by atoms with E-state index in [0.29, 0.717) is 0 Å². The molecular weight excluding hydrogens is 701 g/mol. The van der Waals surface area contributed by atoms with Crippen molar-refractivity contribution in [2.24, 2.45) is 0 Å². The molecule has 0 saturated heterocycles. The van der Waals surface area contributed by atoms with Crippen molar-refractivity contribution in [3.8, 4) is 33.4 Å². The Kier molecular flexibility index (Phi) is 9.27. The third-order valence-electron chi connectivity index (χ3n) is 11.0. The lowest BCUT2D eigenvalue weighted by Crippen LogP contribution is -2.09. The summed E-state index contributed by atoms with van der Waals surface area (Å²) in [5, 5.41) is 4.97. The van der Waals surface area contributed by atoms with Gasteiger partial charge in [-0.15, -0.1) is 0 Å². The second-order valence-corrected chi connectivity index (χ2v) is 14.7. The van der Waals surface area contributed by atoms with Gasteiger partial charge in [0.2, 0.25) is 0 Å². The number of hydrogen-bond donors (Lipinski definition) is 0. The number of fused-ring (bicyclic) bond motifs is 2. The summed E-state index contributed by atoms with van der Waals surface area (Å²) in [5.74, 6) is 0. The van der Waals surface area contributed by atoms with E-state index in [1.807, 2.05) is 0 Å². The molecule has 0 saturated carbocycles. The largest absolute Gasteiger partial charge is 0.311 e. The van der Waals surface area contributed by atoms with Crippen LogP contribution in [0, 0.1) is 0 Å². The van der Waals surface area contributed by atoms with Gasteiger partial charge in [-0.1, -0.05) is 164 Å². The Labute approximate surface area is 340 Å². The number of hydrogen-bond acceptors (Lipinski definition) is 2. The van der Waals surface area contributed by atoms with Crippen LogP contribution in [-0.2, 0) is 0 Å². The fourth-order valence-electron chi connectivity index (χ4n) is 8.00. The molecule has 0 heterocycles. The molecule has 0 unspecified atom stereocenters. The number of rotatable bonds is 9. The first kappa shape index (κ1) is 34.8. The van der Waals surface area contributed by atoms with Crippen LogP contribution in [0.1, 0.15) is 0 Å². The van der Waals surface area contributed by atoms with Crippen molar-refractivity contribution in [2.45, 2.75) is 0 Å². The van der Waals surface area contributed by atoms with E-state index in [1.165, 1.54) is 54.9 Å². The average Bonchev–Trinajstić information content (AvgIpc) is 3.30. The van der Waals surface area contributed by atoms with Gasteiger partial charge in [0.05, 0.1) is 0 Å². The van der Waals surface area contributed by atoms with Crippen molar-refractivity contribution in [1.29, 1.82) is 0 Å². The Morgan fingerprint density at radius 3 is 0.897 bits per heavy atom. The molecule has 0 aliphatic carbocycles. The van der Waals surface area contributed by atoms with Gasteiger partial charge in [0, 0.05) is 34.1 Å². The van der Waals surface area contributed by atoms with Gasteiger partial charge in [-0.25, -0.2) is 0 Å². The van der Waals surface area contributed by atoms with Crippen molar-refractivity contribution >= 4 is 55.7 Å². The van der Waals surface area contributed by atoms with E-state index >= 15 is 0 Å². The van der Waals surface area contributed by atoms with Gasteiger partial charge >= 0.3 is 0 Å². The SMILES string of the molecule is c1ccc(N(c2ccc(-c3ccc(-c4ccc(N(c5ccccc5)c5ccc6ccccc6c5)cc4)cc3)cc2)c2ccc(-c3ccc4ccccc4c3)cc2)cc1. The zero-order chi connectivity index (χ0) is 38.7. The van der Waals surface area contributed by atoms with Crippen LogP contribution < -0.4 is 9.80 Å². The van der Waals surface area contributed by atoms with Crippen molar-refractivity contribution in [1.82, 2.24) is 0 Å². The second-order valence-electron chi connectivity index (χ2n) is 14.7. The maximum atomic E-state index is 2.32. The molecule has 0 N–H and O–H groups in total. The summed E-state index contributed by atoms with van der Waals surface area (Å²) in [6.45, 7) is 0. The van der Waals surface area contributed by atoms with Crippen LogP contribution in [0.2, 0.25) is 0 Å². The predicted octanol–water partition coefficient (Wildman–Crippen LogP) is 15.9. The molecule has 10 aromatic carbocycles. The van der Waals surface area contributed by atoms with Crippen LogP contribution in [0.25, 0.3) is 54.9 Å². The van der Waals surface area contributed by atoms with Crippen LogP contribution in [-0.4, -0.2) is 0 Å². The zero-order valence-corrected chi connectivity index (χ0v) is 32.0. The first-order chi connectivity index (χ1) is 28.7. The molecule has 0 bridgehead atoms. The lowest BCUT2D eigenvalue weighted by Gasteiger charge is -2.26. The van der Waals surface area contributed by atoms with E-state index in [-0.39, 0.29) is 0 Å². The molecular formula is C56H40N2. The van der Waals surface area contributed by atoms with Crippen molar-refractivity contribution in [3.05, 3.63) is 243 Å². The normalized spacial score (nSPS) is 11.1. The van der Waals surface area contributed by atoms with Crippen molar-refractivity contribution in [3.63, 3.8) is 0 Å². The maximum absolute atomic E-state index is 2.32. The van der Waals surface area contributed by atoms with Crippen molar-refractivity contribution < 1.29 is 0 Å². The predicted molar refractivity (Wildman–Crippen MR) is 247 cm³/mol. The standard InChI is InChI=1S/C56H40N2/c1-3-15-51(16-4-1)57(54-36-29-47(30-37-54)50-24-23-41-11-7-9-13-48(41)39-50)53-32-25-45(26-33-53)43-19-21-44(22-20-43)46-27-34-55(35-28-46)58(52-17-5-2-6-18-52)56-38-31-42-12-8-10-14-49(42)40-56/h1-40H. The summed E-state index contributed by atoms with van der Waals surface area (Å²) in [6.07, 6.45) is 0. The minimum atomic E-state index is 1.11. The molecule has 0 aliphatic rings. The fourth-order valence-corrected chi connectivity index (χ4v) is 8.00. The number of para-hydroxylation sites is 2. The molecule has 0 radical (unpaired) electrons. The lowest BCUT2D eigenvalue weighted by atomic mass is 9.99. The highest BCUT2D eigenvalue weighted by Crippen LogP contribution is 2.39. The Morgan fingerprint density at radius 2 is 0.448 bits per heavy atom. The van der Waals surface area contributed by atoms with Gasteiger partial charge in [0.15, 0.2) is 0 Å². The first-order valence-corrected chi connectivity index (χ1v) is 19.8. The quantitative estimate of drug-likeness (QED) is 0.145. The van der Waals surface area contributed by atoms with Gasteiger partial charge in [0.25, 0.3) is 0 Å². The Hall–Kier alpha value is -7.68.